The number of likely N-dealkylation sites (tertiary alicyclic amines) is 1. The average molecular weight is 183 g/mol. The number of methoxy groups -OCH3 is 1. The minimum Gasteiger partial charge on any atom is -0.466 e. The first-order valence-electron chi connectivity index (χ1n) is 4.60. The Morgan fingerprint density at radius 1 is 1.38 bits per heavy atom. The van der Waals surface area contributed by atoms with Gasteiger partial charge in [-0.15, -0.1) is 0 Å². The predicted molar refractivity (Wildman–Crippen MR) is 51.4 cm³/mol. The van der Waals surface area contributed by atoms with Crippen LogP contribution < -0.4 is 0 Å². The summed E-state index contributed by atoms with van der Waals surface area (Å²) >= 11 is 0. The first-order valence-corrected chi connectivity index (χ1v) is 4.60. The zero-order chi connectivity index (χ0) is 9.84. The summed E-state index contributed by atoms with van der Waals surface area (Å²) in [5.41, 5.74) is 2.06. The van der Waals surface area contributed by atoms with Crippen molar-refractivity contribution in [1.82, 2.24) is 4.90 Å². The highest BCUT2D eigenvalue weighted by Crippen LogP contribution is 2.19. The van der Waals surface area contributed by atoms with E-state index >= 15 is 0 Å². The number of nitrogens with zero attached hydrogens (tertiary/aromatic N) is 1. The Balaban J connectivity index is 2.64. The maximum Gasteiger partial charge on any atom is 0.333 e. The first-order chi connectivity index (χ1) is 6.15. The Bertz CT molecular complexity index is 223. The van der Waals surface area contributed by atoms with Crippen LogP contribution in [0.1, 0.15) is 19.8 Å². The molecule has 0 amide bonds. The quantitative estimate of drug-likeness (QED) is 0.452. The molecule has 0 spiro atoms. The van der Waals surface area contributed by atoms with Crippen molar-refractivity contribution in [2.45, 2.75) is 19.8 Å². The van der Waals surface area contributed by atoms with Gasteiger partial charge in [-0.3, -0.25) is 0 Å². The summed E-state index contributed by atoms with van der Waals surface area (Å²) in [5, 5.41) is 0. The lowest BCUT2D eigenvalue weighted by molar-refractivity contribution is -0.136. The molecule has 0 aromatic rings. The van der Waals surface area contributed by atoms with Gasteiger partial charge in [0.15, 0.2) is 0 Å². The summed E-state index contributed by atoms with van der Waals surface area (Å²) in [6.07, 6.45) is 1.99. The maximum absolute atomic E-state index is 11.2. The van der Waals surface area contributed by atoms with E-state index in [1.807, 2.05) is 6.92 Å². The molecule has 0 atom stereocenters. The highest BCUT2D eigenvalue weighted by molar-refractivity contribution is 5.88. The molecule has 13 heavy (non-hydrogen) atoms. The highest BCUT2D eigenvalue weighted by Gasteiger charge is 2.15. The molecule has 0 aliphatic carbocycles. The Hall–Kier alpha value is -0.830. The second-order valence-electron chi connectivity index (χ2n) is 3.52. The normalized spacial score (nSPS) is 18.5. The number of carbonyl (C=O) groups excluding carboxylic acids is 1. The van der Waals surface area contributed by atoms with Crippen molar-refractivity contribution in [3.8, 4) is 0 Å². The molecule has 74 valence electrons. The largest absolute Gasteiger partial charge is 0.466 e. The van der Waals surface area contributed by atoms with Gasteiger partial charge in [0.1, 0.15) is 0 Å². The zero-order valence-corrected chi connectivity index (χ0v) is 8.59. The third-order valence-corrected chi connectivity index (χ3v) is 2.61. The van der Waals surface area contributed by atoms with Gasteiger partial charge in [-0.2, -0.15) is 0 Å². The third kappa shape index (κ3) is 2.56. The lowest BCUT2D eigenvalue weighted by atomic mass is 9.99. The van der Waals surface area contributed by atoms with E-state index in [2.05, 4.69) is 16.7 Å². The lowest BCUT2D eigenvalue weighted by Crippen LogP contribution is -2.27. The van der Waals surface area contributed by atoms with Crippen LogP contribution in [0.5, 0.6) is 0 Å². The molecule has 0 bridgehead atoms. The van der Waals surface area contributed by atoms with Crippen LogP contribution in [0.25, 0.3) is 0 Å². The molecule has 1 fully saturated rings. The number of piperidine rings is 1. The molecule has 3 heteroatoms. The van der Waals surface area contributed by atoms with E-state index in [9.17, 15) is 4.79 Å². The fourth-order valence-electron chi connectivity index (χ4n) is 1.56. The van der Waals surface area contributed by atoms with Crippen LogP contribution in [0.2, 0.25) is 0 Å². The molecule has 0 aromatic carbocycles. The molecule has 1 aliphatic rings. The fraction of sp³-hybridized carbons (Fsp3) is 0.700. The van der Waals surface area contributed by atoms with Gasteiger partial charge in [0.05, 0.1) is 7.11 Å². The molecular weight excluding hydrogens is 166 g/mol. The average Bonchev–Trinajstić information content (AvgIpc) is 2.17. The summed E-state index contributed by atoms with van der Waals surface area (Å²) in [4.78, 5) is 13.5. The van der Waals surface area contributed by atoms with E-state index in [1.165, 1.54) is 12.7 Å². The van der Waals surface area contributed by atoms with Crippen molar-refractivity contribution in [3.63, 3.8) is 0 Å². The van der Waals surface area contributed by atoms with Gasteiger partial charge in [-0.05, 0) is 26.8 Å². The van der Waals surface area contributed by atoms with Crippen LogP contribution in [0.4, 0.5) is 0 Å². The number of ether oxygens (including phenoxy) is 1. The van der Waals surface area contributed by atoms with E-state index in [-0.39, 0.29) is 5.97 Å². The fourth-order valence-corrected chi connectivity index (χ4v) is 1.56. The summed E-state index contributed by atoms with van der Waals surface area (Å²) in [6.45, 7) is 3.94. The Labute approximate surface area is 79.4 Å². The SMILES string of the molecule is COC(=O)C(C)=C1CCN(C)CC1. The van der Waals surface area contributed by atoms with Crippen LogP contribution in [-0.2, 0) is 9.53 Å². The molecule has 0 aromatic heterocycles. The van der Waals surface area contributed by atoms with Gasteiger partial charge >= 0.3 is 5.97 Å². The third-order valence-electron chi connectivity index (χ3n) is 2.61. The smallest absolute Gasteiger partial charge is 0.333 e. The summed E-state index contributed by atoms with van der Waals surface area (Å²) in [7, 11) is 3.53. The molecule has 1 aliphatic heterocycles. The summed E-state index contributed by atoms with van der Waals surface area (Å²) in [6, 6.07) is 0. The van der Waals surface area contributed by atoms with Crippen molar-refractivity contribution < 1.29 is 9.53 Å². The second kappa shape index (κ2) is 4.42. The van der Waals surface area contributed by atoms with Crippen LogP contribution in [0.15, 0.2) is 11.1 Å². The lowest BCUT2D eigenvalue weighted by Gasteiger charge is -2.25. The molecule has 0 N–H and O–H groups in total. The predicted octanol–water partition coefficient (Wildman–Crippen LogP) is 1.20. The van der Waals surface area contributed by atoms with Crippen molar-refractivity contribution in [2.75, 3.05) is 27.2 Å². The van der Waals surface area contributed by atoms with Crippen LogP contribution in [0.3, 0.4) is 0 Å². The molecule has 0 saturated carbocycles. The number of carbonyl (C=O) groups is 1. The second-order valence-corrected chi connectivity index (χ2v) is 3.52. The first kappa shape index (κ1) is 10.3. The van der Waals surface area contributed by atoms with Crippen molar-refractivity contribution in [1.29, 1.82) is 0 Å². The van der Waals surface area contributed by atoms with Gasteiger partial charge in [0, 0.05) is 18.7 Å². The molecule has 1 saturated heterocycles. The number of hydrogen-bond donors (Lipinski definition) is 0. The van der Waals surface area contributed by atoms with Gasteiger partial charge < -0.3 is 9.64 Å². The molecule has 1 heterocycles. The van der Waals surface area contributed by atoms with Crippen molar-refractivity contribution >= 4 is 5.97 Å². The monoisotopic (exact) mass is 183 g/mol. The van der Waals surface area contributed by atoms with Gasteiger partial charge in [0.2, 0.25) is 0 Å². The minimum absolute atomic E-state index is 0.181. The van der Waals surface area contributed by atoms with Gasteiger partial charge in [-0.1, -0.05) is 5.57 Å². The molecule has 0 unspecified atom stereocenters. The number of hydrogen-bond acceptors (Lipinski definition) is 3. The van der Waals surface area contributed by atoms with E-state index in [1.54, 1.807) is 0 Å². The van der Waals surface area contributed by atoms with Gasteiger partial charge in [-0.25, -0.2) is 4.79 Å². The number of esters is 1. The molecular formula is C10H17NO2. The zero-order valence-electron chi connectivity index (χ0n) is 8.59. The Morgan fingerprint density at radius 3 is 2.38 bits per heavy atom. The van der Waals surface area contributed by atoms with E-state index in [0.717, 1.165) is 31.5 Å². The highest BCUT2D eigenvalue weighted by atomic mass is 16.5. The van der Waals surface area contributed by atoms with Crippen molar-refractivity contribution in [3.05, 3.63) is 11.1 Å². The Morgan fingerprint density at radius 2 is 1.92 bits per heavy atom. The maximum atomic E-state index is 11.2. The van der Waals surface area contributed by atoms with E-state index in [0.29, 0.717) is 0 Å². The topological polar surface area (TPSA) is 29.5 Å². The van der Waals surface area contributed by atoms with Crippen LogP contribution in [-0.4, -0.2) is 38.1 Å². The number of rotatable bonds is 1. The van der Waals surface area contributed by atoms with E-state index in [4.69, 9.17) is 0 Å². The van der Waals surface area contributed by atoms with Crippen molar-refractivity contribution in [2.24, 2.45) is 0 Å². The molecule has 3 nitrogen and oxygen atoms in total. The summed E-state index contributed by atoms with van der Waals surface area (Å²) < 4.78 is 4.68. The Kier molecular flexibility index (Phi) is 3.48. The van der Waals surface area contributed by atoms with Crippen LogP contribution in [0, 0.1) is 0 Å². The molecule has 0 radical (unpaired) electrons. The standard InChI is InChI=1S/C10H17NO2/c1-8(10(12)13-3)9-4-6-11(2)7-5-9/h4-7H2,1-3H3. The van der Waals surface area contributed by atoms with E-state index < -0.39 is 0 Å². The minimum atomic E-state index is -0.181. The molecule has 1 rings (SSSR count). The summed E-state index contributed by atoms with van der Waals surface area (Å²) in [5.74, 6) is -0.181. The van der Waals surface area contributed by atoms with Gasteiger partial charge in [0.25, 0.3) is 0 Å². The van der Waals surface area contributed by atoms with Crippen LogP contribution >= 0.6 is 0 Å².